The first kappa shape index (κ1) is 25.1. The van der Waals surface area contributed by atoms with Crippen molar-refractivity contribution >= 4 is 50.8 Å². The molecule has 0 fully saturated rings. The number of hydrogen-bond acceptors (Lipinski definition) is 5. The zero-order valence-corrected chi connectivity index (χ0v) is 19.2. The molecule has 0 radical (unpaired) electrons. The van der Waals surface area contributed by atoms with Gasteiger partial charge in [0.1, 0.15) is 16.8 Å². The summed E-state index contributed by atoms with van der Waals surface area (Å²) in [7, 11) is -4.27. The van der Waals surface area contributed by atoms with E-state index in [1.807, 2.05) is 0 Å². The average Bonchev–Trinajstić information content (AvgIpc) is 2.66. The number of benzene rings is 2. The number of hydrogen-bond donors (Lipinski definition) is 2. The fourth-order valence-corrected chi connectivity index (χ4v) is 5.04. The van der Waals surface area contributed by atoms with Crippen LogP contribution in [0.2, 0.25) is 10.0 Å². The zero-order valence-electron chi connectivity index (χ0n) is 16.9. The predicted molar refractivity (Wildman–Crippen MR) is 116 cm³/mol. The van der Waals surface area contributed by atoms with Crippen LogP contribution in [-0.2, 0) is 24.3 Å². The highest BCUT2D eigenvalue weighted by atomic mass is 35.5. The smallest absolute Gasteiger partial charge is 0.324 e. The summed E-state index contributed by atoms with van der Waals surface area (Å²) in [6, 6.07) is 6.74. The van der Waals surface area contributed by atoms with Gasteiger partial charge >= 0.3 is 5.97 Å². The van der Waals surface area contributed by atoms with Crippen molar-refractivity contribution in [3.63, 3.8) is 0 Å². The standard InChI is InChI=1S/C20H21Cl2FN2O5S/c1-11(2)18(25-31(28,29)19-14(21)5-4-6-15(19)22)20(27)30-10-17(26)24-16-9-13(23)8-7-12(16)3/h4-9,11,18,25H,10H2,1-3H3,(H,24,26)/t18-/m1/s1. The quantitative estimate of drug-likeness (QED) is 0.545. The van der Waals surface area contributed by atoms with E-state index in [9.17, 15) is 22.4 Å². The Balaban J connectivity index is 2.09. The fraction of sp³-hybridized carbons (Fsp3) is 0.300. The summed E-state index contributed by atoms with van der Waals surface area (Å²) in [6.45, 7) is 4.18. The lowest BCUT2D eigenvalue weighted by Crippen LogP contribution is -2.46. The second-order valence-electron chi connectivity index (χ2n) is 7.01. The number of sulfonamides is 1. The second kappa shape index (κ2) is 10.4. The highest BCUT2D eigenvalue weighted by Crippen LogP contribution is 2.29. The Morgan fingerprint density at radius 2 is 1.74 bits per heavy atom. The Kier molecular flexibility index (Phi) is 8.41. The summed E-state index contributed by atoms with van der Waals surface area (Å²) in [5, 5.41) is 2.21. The van der Waals surface area contributed by atoms with Gasteiger partial charge in [0, 0.05) is 5.69 Å². The van der Waals surface area contributed by atoms with Gasteiger partial charge in [-0.3, -0.25) is 9.59 Å². The van der Waals surface area contributed by atoms with Crippen molar-refractivity contribution < 1.29 is 27.1 Å². The van der Waals surface area contributed by atoms with Crippen molar-refractivity contribution in [1.82, 2.24) is 4.72 Å². The van der Waals surface area contributed by atoms with E-state index >= 15 is 0 Å². The van der Waals surface area contributed by atoms with Crippen LogP contribution < -0.4 is 10.0 Å². The molecule has 0 unspecified atom stereocenters. The minimum absolute atomic E-state index is 0.110. The van der Waals surface area contributed by atoms with Gasteiger partial charge in [-0.25, -0.2) is 12.8 Å². The van der Waals surface area contributed by atoms with Gasteiger partial charge in [0.15, 0.2) is 6.61 Å². The molecule has 11 heteroatoms. The summed E-state index contributed by atoms with van der Waals surface area (Å²) in [4.78, 5) is 24.2. The second-order valence-corrected chi connectivity index (χ2v) is 9.47. The maximum atomic E-state index is 13.3. The minimum Gasteiger partial charge on any atom is -0.454 e. The molecule has 2 N–H and O–H groups in total. The molecule has 0 aliphatic rings. The number of carbonyl (C=O) groups excluding carboxylic acids is 2. The molecule has 1 amide bonds. The molecule has 0 aliphatic carbocycles. The van der Waals surface area contributed by atoms with Gasteiger partial charge in [0.05, 0.1) is 10.0 Å². The highest BCUT2D eigenvalue weighted by Gasteiger charge is 2.32. The van der Waals surface area contributed by atoms with E-state index in [4.69, 9.17) is 27.9 Å². The third-order valence-corrected chi connectivity index (χ3v) is 6.61. The molecule has 0 aromatic heterocycles. The molecule has 2 rings (SSSR count). The van der Waals surface area contributed by atoms with E-state index in [2.05, 4.69) is 10.0 Å². The molecule has 0 saturated carbocycles. The molecule has 1 atom stereocenters. The SMILES string of the molecule is Cc1ccc(F)cc1NC(=O)COC(=O)[C@H](NS(=O)(=O)c1c(Cl)cccc1Cl)C(C)C. The number of rotatable bonds is 8. The van der Waals surface area contributed by atoms with Crippen LogP contribution in [0.15, 0.2) is 41.3 Å². The number of carbonyl (C=O) groups is 2. The monoisotopic (exact) mass is 490 g/mol. The first-order valence-electron chi connectivity index (χ1n) is 9.11. The Labute approximate surface area is 189 Å². The van der Waals surface area contributed by atoms with E-state index in [1.165, 1.54) is 30.3 Å². The average molecular weight is 491 g/mol. The zero-order chi connectivity index (χ0) is 23.3. The number of ether oxygens (including phenoxy) is 1. The van der Waals surface area contributed by atoms with Gasteiger partial charge in [-0.2, -0.15) is 4.72 Å². The number of amides is 1. The van der Waals surface area contributed by atoms with E-state index in [0.717, 1.165) is 6.07 Å². The minimum atomic E-state index is -4.27. The van der Waals surface area contributed by atoms with Crippen LogP contribution in [0.4, 0.5) is 10.1 Å². The van der Waals surface area contributed by atoms with Crippen molar-refractivity contribution in [2.45, 2.75) is 31.7 Å². The summed E-state index contributed by atoms with van der Waals surface area (Å²) < 4.78 is 46.0. The molecule has 31 heavy (non-hydrogen) atoms. The Hall–Kier alpha value is -2.20. The summed E-state index contributed by atoms with van der Waals surface area (Å²) in [5.41, 5.74) is 0.848. The number of esters is 1. The lowest BCUT2D eigenvalue weighted by atomic mass is 10.1. The number of anilines is 1. The fourth-order valence-electron chi connectivity index (χ4n) is 2.56. The molecule has 0 aliphatic heterocycles. The van der Waals surface area contributed by atoms with Crippen molar-refractivity contribution in [3.05, 3.63) is 57.8 Å². The van der Waals surface area contributed by atoms with Crippen LogP contribution in [0.25, 0.3) is 0 Å². The van der Waals surface area contributed by atoms with Crippen molar-refractivity contribution in [1.29, 1.82) is 0 Å². The van der Waals surface area contributed by atoms with E-state index in [1.54, 1.807) is 20.8 Å². The van der Waals surface area contributed by atoms with E-state index in [0.29, 0.717) is 5.56 Å². The molecule has 2 aromatic rings. The first-order valence-corrected chi connectivity index (χ1v) is 11.3. The van der Waals surface area contributed by atoms with Gasteiger partial charge < -0.3 is 10.1 Å². The molecule has 0 heterocycles. The third kappa shape index (κ3) is 6.64. The Bertz CT molecular complexity index is 1070. The highest BCUT2D eigenvalue weighted by molar-refractivity contribution is 7.89. The third-order valence-electron chi connectivity index (χ3n) is 4.21. The molecule has 168 valence electrons. The molecular weight excluding hydrogens is 470 g/mol. The van der Waals surface area contributed by atoms with Crippen LogP contribution in [0.5, 0.6) is 0 Å². The molecular formula is C20H21Cl2FN2O5S. The van der Waals surface area contributed by atoms with Gasteiger partial charge in [-0.15, -0.1) is 0 Å². The molecule has 0 bridgehead atoms. The Morgan fingerprint density at radius 1 is 1.13 bits per heavy atom. The number of nitrogens with one attached hydrogen (secondary N) is 2. The summed E-state index contributed by atoms with van der Waals surface area (Å²) in [5.74, 6) is -2.73. The number of halogens is 3. The Morgan fingerprint density at radius 3 is 2.32 bits per heavy atom. The van der Waals surface area contributed by atoms with Crippen LogP contribution in [0.3, 0.4) is 0 Å². The number of aryl methyl sites for hydroxylation is 1. The van der Waals surface area contributed by atoms with Gasteiger partial charge in [0.2, 0.25) is 10.0 Å². The van der Waals surface area contributed by atoms with E-state index < -0.39 is 46.3 Å². The lowest BCUT2D eigenvalue weighted by Gasteiger charge is -2.21. The van der Waals surface area contributed by atoms with Crippen molar-refractivity contribution in [2.75, 3.05) is 11.9 Å². The molecule has 0 saturated heterocycles. The van der Waals surface area contributed by atoms with Crippen LogP contribution in [-0.4, -0.2) is 32.9 Å². The first-order chi connectivity index (χ1) is 14.4. The van der Waals surface area contributed by atoms with E-state index in [-0.39, 0.29) is 20.6 Å². The van der Waals surface area contributed by atoms with Gasteiger partial charge in [-0.05, 0) is 42.7 Å². The van der Waals surface area contributed by atoms with Crippen LogP contribution >= 0.6 is 23.2 Å². The van der Waals surface area contributed by atoms with Crippen molar-refractivity contribution in [2.24, 2.45) is 5.92 Å². The maximum Gasteiger partial charge on any atom is 0.324 e. The molecule has 2 aromatic carbocycles. The molecule has 7 nitrogen and oxygen atoms in total. The van der Waals surface area contributed by atoms with Crippen LogP contribution in [0.1, 0.15) is 19.4 Å². The summed E-state index contributed by atoms with van der Waals surface area (Å²) in [6.07, 6.45) is 0. The van der Waals surface area contributed by atoms with Crippen molar-refractivity contribution in [3.8, 4) is 0 Å². The van der Waals surface area contributed by atoms with Gasteiger partial charge in [-0.1, -0.05) is 49.2 Å². The predicted octanol–water partition coefficient (Wildman–Crippen LogP) is 3.93. The lowest BCUT2D eigenvalue weighted by molar-refractivity contribution is -0.150. The largest absolute Gasteiger partial charge is 0.454 e. The maximum absolute atomic E-state index is 13.3. The topological polar surface area (TPSA) is 102 Å². The summed E-state index contributed by atoms with van der Waals surface area (Å²) >= 11 is 11.9. The van der Waals surface area contributed by atoms with Crippen LogP contribution in [0, 0.1) is 18.7 Å². The normalized spacial score (nSPS) is 12.5. The molecule has 0 spiro atoms. The van der Waals surface area contributed by atoms with Gasteiger partial charge in [0.25, 0.3) is 5.91 Å².